The van der Waals surface area contributed by atoms with Gasteiger partial charge < -0.3 is 5.32 Å². The zero-order valence-corrected chi connectivity index (χ0v) is 19.2. The van der Waals surface area contributed by atoms with E-state index in [1.165, 1.54) is 0 Å². The molecule has 0 spiro atoms. The molecule has 0 aliphatic heterocycles. The van der Waals surface area contributed by atoms with Gasteiger partial charge in [0.25, 0.3) is 0 Å². The summed E-state index contributed by atoms with van der Waals surface area (Å²) < 4.78 is 28.4. The number of fused-ring (bicyclic) bond motifs is 1. The van der Waals surface area contributed by atoms with Gasteiger partial charge in [0.2, 0.25) is 15.9 Å². The molecule has 1 aromatic heterocycles. The van der Waals surface area contributed by atoms with E-state index in [2.05, 4.69) is 5.32 Å². The van der Waals surface area contributed by atoms with Crippen LogP contribution in [0, 0.1) is 6.92 Å². The van der Waals surface area contributed by atoms with Crippen molar-refractivity contribution in [3.8, 4) is 0 Å². The van der Waals surface area contributed by atoms with E-state index in [-0.39, 0.29) is 10.9 Å². The molecule has 7 nitrogen and oxygen atoms in total. The highest BCUT2D eigenvalue weighted by Crippen LogP contribution is 2.26. The number of aryl methyl sites for hydroxylation is 1. The van der Waals surface area contributed by atoms with Crippen LogP contribution >= 0.6 is 11.3 Å². The van der Waals surface area contributed by atoms with E-state index in [0.29, 0.717) is 11.4 Å². The number of carbonyl (C=O) groups is 1. The summed E-state index contributed by atoms with van der Waals surface area (Å²) in [5.74, 6) is -0.462. The Hall–Kier alpha value is -2.65. The highest BCUT2D eigenvalue weighted by atomic mass is 32.2. The third-order valence-corrected chi connectivity index (χ3v) is 6.93. The second-order valence-electron chi connectivity index (χ2n) is 7.57. The molecule has 30 heavy (non-hydrogen) atoms. The molecule has 160 valence electrons. The molecule has 0 bridgehead atoms. The van der Waals surface area contributed by atoms with Crippen LogP contribution in [0.3, 0.4) is 0 Å². The number of aromatic nitrogens is 1. The number of anilines is 2. The fraction of sp³-hybridized carbons (Fsp3) is 0.333. The predicted octanol–water partition coefficient (Wildman–Crippen LogP) is 3.75. The Balaban J connectivity index is 1.90. The first-order valence-corrected chi connectivity index (χ1v) is 12.2. The summed E-state index contributed by atoms with van der Waals surface area (Å²) in [4.78, 5) is 25.0. The lowest BCUT2D eigenvalue weighted by Crippen LogP contribution is -2.45. The van der Waals surface area contributed by atoms with E-state index in [1.54, 1.807) is 54.0 Å². The van der Waals surface area contributed by atoms with Gasteiger partial charge in [-0.05, 0) is 58.0 Å². The van der Waals surface area contributed by atoms with Gasteiger partial charge in [-0.1, -0.05) is 29.0 Å². The quantitative estimate of drug-likeness (QED) is 0.623. The topological polar surface area (TPSA) is 88.5 Å². The number of nitrogens with one attached hydrogen (secondary N) is 1. The van der Waals surface area contributed by atoms with Gasteiger partial charge in [0.05, 0.1) is 22.2 Å². The third-order valence-electron chi connectivity index (χ3n) is 4.77. The van der Waals surface area contributed by atoms with Crippen LogP contribution in [0.15, 0.2) is 47.3 Å². The molecular weight excluding hydrogens is 422 g/mol. The van der Waals surface area contributed by atoms with Crippen LogP contribution in [0.25, 0.3) is 10.2 Å². The molecular formula is C21H25N3O4S2. The van der Waals surface area contributed by atoms with Gasteiger partial charge in [0, 0.05) is 11.7 Å². The van der Waals surface area contributed by atoms with Gasteiger partial charge in [-0.2, -0.15) is 0 Å². The second-order valence-corrected chi connectivity index (χ2v) is 10.4. The molecule has 3 aromatic rings. The van der Waals surface area contributed by atoms with Crippen molar-refractivity contribution in [2.75, 3.05) is 15.9 Å². The number of amides is 1. The minimum Gasteiger partial charge on any atom is -0.324 e. The molecule has 1 heterocycles. The summed E-state index contributed by atoms with van der Waals surface area (Å²) in [6.45, 7) is 7.33. The first-order chi connectivity index (χ1) is 14.0. The molecule has 0 aliphatic carbocycles. The minimum atomic E-state index is -3.68. The SMILES string of the molecule is Cc1ccc(N([C@H](C)C(=O)Nc2ccc3c(c2)sc(=O)n3C(C)C)S(C)(=O)=O)cc1. The maximum atomic E-state index is 12.9. The molecule has 1 atom stereocenters. The molecule has 0 unspecified atom stereocenters. The Kier molecular flexibility index (Phi) is 6.05. The van der Waals surface area contributed by atoms with E-state index in [9.17, 15) is 18.0 Å². The molecule has 0 fully saturated rings. The van der Waals surface area contributed by atoms with E-state index < -0.39 is 22.0 Å². The van der Waals surface area contributed by atoms with Crippen molar-refractivity contribution in [1.82, 2.24) is 4.57 Å². The molecule has 9 heteroatoms. The summed E-state index contributed by atoms with van der Waals surface area (Å²) in [5.41, 5.74) is 2.73. The zero-order chi connectivity index (χ0) is 22.2. The van der Waals surface area contributed by atoms with E-state index in [4.69, 9.17) is 0 Å². The number of hydrogen-bond acceptors (Lipinski definition) is 5. The van der Waals surface area contributed by atoms with Gasteiger partial charge in [0.15, 0.2) is 0 Å². The first kappa shape index (κ1) is 22.0. The molecule has 3 rings (SSSR count). The normalized spacial score (nSPS) is 12.9. The van der Waals surface area contributed by atoms with Crippen LogP contribution in [0.2, 0.25) is 0 Å². The Bertz CT molecular complexity index is 1240. The number of carbonyl (C=O) groups excluding carboxylic acids is 1. The van der Waals surface area contributed by atoms with Gasteiger partial charge >= 0.3 is 4.87 Å². The average molecular weight is 448 g/mol. The van der Waals surface area contributed by atoms with Crippen LogP contribution in [-0.4, -0.2) is 31.2 Å². The molecule has 1 N–H and O–H groups in total. The lowest BCUT2D eigenvalue weighted by molar-refractivity contribution is -0.116. The van der Waals surface area contributed by atoms with Crippen LogP contribution in [0.1, 0.15) is 32.4 Å². The van der Waals surface area contributed by atoms with Crippen molar-refractivity contribution in [1.29, 1.82) is 0 Å². The van der Waals surface area contributed by atoms with Crippen LogP contribution < -0.4 is 14.5 Å². The standard InChI is InChI=1S/C21H25N3O4S2/c1-13(2)23-18-11-8-16(12-19(18)29-21(23)26)22-20(25)15(4)24(30(5,27)28)17-9-6-14(3)7-10-17/h6-13,15H,1-5H3,(H,22,25)/t15-/m1/s1. The zero-order valence-electron chi connectivity index (χ0n) is 17.5. The van der Waals surface area contributed by atoms with Crippen LogP contribution in [0.5, 0.6) is 0 Å². The van der Waals surface area contributed by atoms with Gasteiger partial charge in [-0.3, -0.25) is 18.5 Å². The van der Waals surface area contributed by atoms with E-state index in [1.807, 2.05) is 20.8 Å². The van der Waals surface area contributed by atoms with Crippen LogP contribution in [-0.2, 0) is 14.8 Å². The van der Waals surface area contributed by atoms with Gasteiger partial charge in [-0.25, -0.2) is 8.42 Å². The number of nitrogens with zero attached hydrogens (tertiary/aromatic N) is 2. The smallest absolute Gasteiger partial charge is 0.308 e. The summed E-state index contributed by atoms with van der Waals surface area (Å²) in [5, 5.41) is 2.78. The van der Waals surface area contributed by atoms with Crippen molar-refractivity contribution in [2.24, 2.45) is 0 Å². The summed E-state index contributed by atoms with van der Waals surface area (Å²) in [6.07, 6.45) is 1.08. The van der Waals surface area contributed by atoms with Crippen molar-refractivity contribution < 1.29 is 13.2 Å². The highest BCUT2D eigenvalue weighted by molar-refractivity contribution is 7.92. The van der Waals surface area contributed by atoms with Crippen molar-refractivity contribution in [2.45, 2.75) is 39.8 Å². The molecule has 2 aromatic carbocycles. The largest absolute Gasteiger partial charge is 0.324 e. The van der Waals surface area contributed by atoms with Gasteiger partial charge in [0.1, 0.15) is 6.04 Å². The first-order valence-electron chi connectivity index (χ1n) is 9.51. The molecule has 0 radical (unpaired) electrons. The van der Waals surface area contributed by atoms with Crippen molar-refractivity contribution >= 4 is 48.9 Å². The second kappa shape index (κ2) is 8.23. The number of hydrogen-bond donors (Lipinski definition) is 1. The number of benzene rings is 2. The molecule has 0 saturated carbocycles. The summed E-state index contributed by atoms with van der Waals surface area (Å²) in [6, 6.07) is 11.3. The van der Waals surface area contributed by atoms with Crippen molar-refractivity contribution in [3.63, 3.8) is 0 Å². The Labute approximate surface area is 180 Å². The Morgan fingerprint density at radius 1 is 1.10 bits per heavy atom. The minimum absolute atomic E-state index is 0.0320. The predicted molar refractivity (Wildman–Crippen MR) is 123 cm³/mol. The summed E-state index contributed by atoms with van der Waals surface area (Å²) in [7, 11) is -3.68. The highest BCUT2D eigenvalue weighted by Gasteiger charge is 2.29. The molecule has 0 saturated heterocycles. The average Bonchev–Trinajstić information content (AvgIpc) is 2.97. The van der Waals surface area contributed by atoms with Crippen molar-refractivity contribution in [3.05, 3.63) is 57.7 Å². The van der Waals surface area contributed by atoms with Crippen LogP contribution in [0.4, 0.5) is 11.4 Å². The third kappa shape index (κ3) is 4.41. The van der Waals surface area contributed by atoms with E-state index in [0.717, 1.165) is 37.7 Å². The Morgan fingerprint density at radius 2 is 1.73 bits per heavy atom. The lowest BCUT2D eigenvalue weighted by Gasteiger charge is -2.28. The number of rotatable bonds is 6. The fourth-order valence-electron chi connectivity index (χ4n) is 3.35. The maximum absolute atomic E-state index is 12.9. The van der Waals surface area contributed by atoms with E-state index >= 15 is 0 Å². The number of sulfonamides is 1. The molecule has 1 amide bonds. The maximum Gasteiger partial charge on any atom is 0.308 e. The number of thiazole rings is 1. The van der Waals surface area contributed by atoms with Gasteiger partial charge in [-0.15, -0.1) is 0 Å². The summed E-state index contributed by atoms with van der Waals surface area (Å²) >= 11 is 1.12. The monoisotopic (exact) mass is 447 g/mol. The fourth-order valence-corrected chi connectivity index (χ4v) is 5.58. The Morgan fingerprint density at radius 3 is 2.30 bits per heavy atom. The lowest BCUT2D eigenvalue weighted by atomic mass is 10.2. The molecule has 0 aliphatic rings.